The molecule has 0 aliphatic heterocycles. The minimum absolute atomic E-state index is 0. The normalized spacial score (nSPS) is 9.67. The molecule has 0 unspecified atom stereocenters. The largest absolute Gasteiger partial charge is 0.344 e. The van der Waals surface area contributed by atoms with Gasteiger partial charge in [-0.2, -0.15) is 0 Å². The van der Waals surface area contributed by atoms with Crippen molar-refractivity contribution in [2.75, 3.05) is 0 Å². The first-order valence-corrected chi connectivity index (χ1v) is 5.97. The van der Waals surface area contributed by atoms with E-state index in [0.29, 0.717) is 0 Å². The van der Waals surface area contributed by atoms with Gasteiger partial charge in [-0.3, -0.25) is 0 Å². The van der Waals surface area contributed by atoms with Crippen LogP contribution in [0.5, 0.6) is 0 Å². The first-order valence-electron chi connectivity index (χ1n) is 5.97. The Morgan fingerprint density at radius 2 is 1.40 bits per heavy atom. The van der Waals surface area contributed by atoms with Crippen LogP contribution >= 0.6 is 0 Å². The average Bonchev–Trinajstić information content (AvgIpc) is 2.25. The molecule has 1 heteroatoms. The van der Waals surface area contributed by atoms with Crippen LogP contribution < -0.4 is 6.15 Å². The molecular formula is C14H25N. The van der Waals surface area contributed by atoms with Crippen LogP contribution in [0, 0.1) is 0 Å². The summed E-state index contributed by atoms with van der Waals surface area (Å²) in [6.07, 6.45) is 9.60. The zero-order valence-electron chi connectivity index (χ0n) is 10.0. The number of unbranched alkanes of at least 4 members (excludes halogenated alkanes) is 5. The molecule has 0 heterocycles. The molecule has 3 N–H and O–H groups in total. The Balaban J connectivity index is 0.00000196. The Bertz CT molecular complexity index is 218. The average molecular weight is 207 g/mol. The summed E-state index contributed by atoms with van der Waals surface area (Å²) in [5, 5.41) is 0. The van der Waals surface area contributed by atoms with Crippen LogP contribution in [-0.2, 0) is 6.42 Å². The van der Waals surface area contributed by atoms with E-state index >= 15 is 0 Å². The van der Waals surface area contributed by atoms with Gasteiger partial charge in [-0.05, 0) is 18.4 Å². The van der Waals surface area contributed by atoms with Crippen LogP contribution in [0.1, 0.15) is 51.0 Å². The second-order valence-corrected chi connectivity index (χ2v) is 4.00. The lowest BCUT2D eigenvalue weighted by Crippen LogP contribution is -1.85. The summed E-state index contributed by atoms with van der Waals surface area (Å²) in [6, 6.07) is 10.8. The molecule has 1 aromatic rings. The van der Waals surface area contributed by atoms with Gasteiger partial charge in [0, 0.05) is 0 Å². The Morgan fingerprint density at radius 1 is 0.800 bits per heavy atom. The van der Waals surface area contributed by atoms with Gasteiger partial charge in [0.15, 0.2) is 0 Å². The molecule has 1 rings (SSSR count). The lowest BCUT2D eigenvalue weighted by atomic mass is 10.1. The van der Waals surface area contributed by atoms with E-state index in [9.17, 15) is 0 Å². The number of hydrogen-bond acceptors (Lipinski definition) is 1. The molecule has 0 spiro atoms. The van der Waals surface area contributed by atoms with E-state index in [-0.39, 0.29) is 6.15 Å². The summed E-state index contributed by atoms with van der Waals surface area (Å²) >= 11 is 0. The van der Waals surface area contributed by atoms with E-state index in [4.69, 9.17) is 0 Å². The van der Waals surface area contributed by atoms with Crippen LogP contribution in [0.15, 0.2) is 30.3 Å². The maximum Gasteiger partial charge on any atom is -0.0279 e. The van der Waals surface area contributed by atoms with E-state index < -0.39 is 0 Å². The van der Waals surface area contributed by atoms with Crippen molar-refractivity contribution in [2.24, 2.45) is 0 Å². The Morgan fingerprint density at radius 3 is 2.07 bits per heavy atom. The zero-order valence-corrected chi connectivity index (χ0v) is 10.0. The number of aryl methyl sites for hydroxylation is 1. The van der Waals surface area contributed by atoms with Crippen LogP contribution in [0.2, 0.25) is 0 Å². The predicted molar refractivity (Wildman–Crippen MR) is 68.5 cm³/mol. The van der Waals surface area contributed by atoms with Crippen molar-refractivity contribution in [1.29, 1.82) is 0 Å². The van der Waals surface area contributed by atoms with Crippen molar-refractivity contribution in [2.45, 2.75) is 51.9 Å². The predicted octanol–water partition coefficient (Wildman–Crippen LogP) is 4.75. The van der Waals surface area contributed by atoms with Crippen LogP contribution in [0.4, 0.5) is 0 Å². The SMILES string of the molecule is CCCCCCCCc1ccccc1.N. The molecule has 86 valence electrons. The van der Waals surface area contributed by atoms with E-state index in [0.717, 1.165) is 0 Å². The molecule has 1 aromatic carbocycles. The Labute approximate surface area is 94.5 Å². The molecule has 0 aromatic heterocycles. The van der Waals surface area contributed by atoms with Gasteiger partial charge in [0.2, 0.25) is 0 Å². The lowest BCUT2D eigenvalue weighted by Gasteiger charge is -2.01. The summed E-state index contributed by atoms with van der Waals surface area (Å²) in [5.41, 5.74) is 1.49. The molecule has 0 aliphatic carbocycles. The maximum absolute atomic E-state index is 2.27. The molecule has 0 amide bonds. The van der Waals surface area contributed by atoms with Crippen molar-refractivity contribution < 1.29 is 0 Å². The van der Waals surface area contributed by atoms with Crippen molar-refractivity contribution >= 4 is 0 Å². The maximum atomic E-state index is 2.27. The molecule has 0 saturated carbocycles. The first-order chi connectivity index (χ1) is 6.93. The second-order valence-electron chi connectivity index (χ2n) is 4.00. The fourth-order valence-corrected chi connectivity index (χ4v) is 1.75. The van der Waals surface area contributed by atoms with Gasteiger partial charge >= 0.3 is 0 Å². The fourth-order valence-electron chi connectivity index (χ4n) is 1.75. The van der Waals surface area contributed by atoms with E-state index in [2.05, 4.69) is 37.3 Å². The van der Waals surface area contributed by atoms with Gasteiger partial charge in [0.1, 0.15) is 0 Å². The molecule has 0 saturated heterocycles. The molecule has 1 nitrogen and oxygen atoms in total. The molecule has 15 heavy (non-hydrogen) atoms. The zero-order chi connectivity index (χ0) is 10.1. The second kappa shape index (κ2) is 9.72. The highest BCUT2D eigenvalue weighted by atomic mass is 14.0. The first kappa shape index (κ1) is 14.2. The highest BCUT2D eigenvalue weighted by Crippen LogP contribution is 2.09. The molecule has 0 fully saturated rings. The van der Waals surface area contributed by atoms with E-state index in [1.54, 1.807) is 0 Å². The summed E-state index contributed by atoms with van der Waals surface area (Å²) in [7, 11) is 0. The highest BCUT2D eigenvalue weighted by Gasteiger charge is 1.92. The molecular weight excluding hydrogens is 182 g/mol. The van der Waals surface area contributed by atoms with E-state index in [1.165, 1.54) is 50.5 Å². The molecule has 0 radical (unpaired) electrons. The number of rotatable bonds is 7. The van der Waals surface area contributed by atoms with Gasteiger partial charge < -0.3 is 6.15 Å². The van der Waals surface area contributed by atoms with Crippen LogP contribution in [-0.4, -0.2) is 0 Å². The standard InChI is InChI=1S/C14H22.H3N/c1-2-3-4-5-6-8-11-14-12-9-7-10-13-14;/h7,9-10,12-13H,2-6,8,11H2,1H3;1H3. The number of benzene rings is 1. The van der Waals surface area contributed by atoms with Crippen molar-refractivity contribution in [3.8, 4) is 0 Å². The summed E-state index contributed by atoms with van der Waals surface area (Å²) in [4.78, 5) is 0. The monoisotopic (exact) mass is 207 g/mol. The molecule has 0 bridgehead atoms. The lowest BCUT2D eigenvalue weighted by molar-refractivity contribution is 0.607. The number of hydrogen-bond donors (Lipinski definition) is 1. The van der Waals surface area contributed by atoms with Crippen LogP contribution in [0.25, 0.3) is 0 Å². The molecule has 0 atom stereocenters. The van der Waals surface area contributed by atoms with Crippen molar-refractivity contribution in [3.05, 3.63) is 35.9 Å². The van der Waals surface area contributed by atoms with Gasteiger partial charge in [-0.15, -0.1) is 0 Å². The smallest absolute Gasteiger partial charge is 0.0279 e. The van der Waals surface area contributed by atoms with Gasteiger partial charge in [-0.1, -0.05) is 69.4 Å². The van der Waals surface area contributed by atoms with E-state index in [1.807, 2.05) is 0 Å². The highest BCUT2D eigenvalue weighted by molar-refractivity contribution is 5.14. The third kappa shape index (κ3) is 7.15. The third-order valence-electron chi connectivity index (χ3n) is 2.66. The van der Waals surface area contributed by atoms with Crippen molar-refractivity contribution in [3.63, 3.8) is 0 Å². The Kier molecular flexibility index (Phi) is 9.19. The van der Waals surface area contributed by atoms with Gasteiger partial charge in [-0.25, -0.2) is 0 Å². The van der Waals surface area contributed by atoms with Crippen molar-refractivity contribution in [1.82, 2.24) is 6.15 Å². The summed E-state index contributed by atoms with van der Waals surface area (Å²) in [5.74, 6) is 0. The topological polar surface area (TPSA) is 35.0 Å². The van der Waals surface area contributed by atoms with Gasteiger partial charge in [0.25, 0.3) is 0 Å². The minimum atomic E-state index is 0. The summed E-state index contributed by atoms with van der Waals surface area (Å²) < 4.78 is 0. The van der Waals surface area contributed by atoms with Crippen LogP contribution in [0.3, 0.4) is 0 Å². The Hall–Kier alpha value is -0.820. The minimum Gasteiger partial charge on any atom is -0.344 e. The quantitative estimate of drug-likeness (QED) is 0.643. The third-order valence-corrected chi connectivity index (χ3v) is 2.66. The fraction of sp³-hybridized carbons (Fsp3) is 0.571. The van der Waals surface area contributed by atoms with Gasteiger partial charge in [0.05, 0.1) is 0 Å². The molecule has 0 aliphatic rings. The summed E-state index contributed by atoms with van der Waals surface area (Å²) in [6.45, 7) is 2.27.